The molecular formula is C34H37N5O9. The van der Waals surface area contributed by atoms with Gasteiger partial charge in [-0.05, 0) is 69.6 Å². The summed E-state index contributed by atoms with van der Waals surface area (Å²) in [6.07, 6.45) is 10.7. The number of anilines is 1. The fourth-order valence-electron chi connectivity index (χ4n) is 5.07. The van der Waals surface area contributed by atoms with Gasteiger partial charge in [-0.15, -0.1) is 0 Å². The first-order valence-electron chi connectivity index (χ1n) is 14.7. The standard InChI is InChI=1S/C26H29N5O.2C4H4O4/c1-30(2)19-10-12-20(13-11-19)31-16-23(24-25(27)28-17-29-26(24)31)18-8-14-22(15-9-18)32-21-6-4-3-5-7-21;2*5-3(6)1-2-4(7)8/h3-9,14-17,19-20H,10-13H2,1-2H3,(H2,27,28,29);2*1-2H,(H,5,6)(H,7,8)/b;2*2-1-. The molecule has 0 aliphatic heterocycles. The number of carbonyl (C=O) groups is 4. The molecule has 1 saturated carbocycles. The van der Waals surface area contributed by atoms with E-state index in [9.17, 15) is 19.2 Å². The number of ether oxygens (including phenoxy) is 1. The first kappa shape index (κ1) is 36.4. The Morgan fingerprint density at radius 3 is 1.75 bits per heavy atom. The van der Waals surface area contributed by atoms with Gasteiger partial charge in [-0.1, -0.05) is 30.3 Å². The molecule has 0 atom stereocenters. The van der Waals surface area contributed by atoms with Crippen LogP contribution in [0.15, 0.2) is 91.4 Å². The Bertz CT molecular complexity index is 1690. The normalized spacial score (nSPS) is 15.7. The van der Waals surface area contributed by atoms with Crippen LogP contribution in [-0.2, 0) is 19.2 Å². The number of nitrogens with zero attached hydrogens (tertiary/aromatic N) is 4. The smallest absolute Gasteiger partial charge is 0.328 e. The van der Waals surface area contributed by atoms with Crippen molar-refractivity contribution in [2.45, 2.75) is 37.8 Å². The van der Waals surface area contributed by atoms with Gasteiger partial charge in [-0.3, -0.25) is 0 Å². The minimum Gasteiger partial charge on any atom is -0.478 e. The number of aliphatic carboxylic acids is 4. The fraction of sp³-hybridized carbons (Fsp3) is 0.235. The van der Waals surface area contributed by atoms with E-state index in [1.165, 1.54) is 12.8 Å². The zero-order valence-electron chi connectivity index (χ0n) is 26.3. The number of nitrogens with two attached hydrogens (primary N) is 1. The van der Waals surface area contributed by atoms with Crippen LogP contribution in [0, 0.1) is 0 Å². The van der Waals surface area contributed by atoms with Gasteiger partial charge in [0.05, 0.1) is 5.39 Å². The first-order chi connectivity index (χ1) is 22.8. The van der Waals surface area contributed by atoms with Crippen LogP contribution in [0.25, 0.3) is 22.2 Å². The molecule has 2 aromatic heterocycles. The monoisotopic (exact) mass is 659 g/mol. The van der Waals surface area contributed by atoms with Crippen LogP contribution in [0.2, 0.25) is 0 Å². The number of fused-ring (bicyclic) bond motifs is 1. The van der Waals surface area contributed by atoms with Crippen LogP contribution in [0.4, 0.5) is 5.82 Å². The predicted octanol–water partition coefficient (Wildman–Crippen LogP) is 4.94. The van der Waals surface area contributed by atoms with Crippen molar-refractivity contribution in [2.24, 2.45) is 0 Å². The molecular weight excluding hydrogens is 622 g/mol. The molecule has 14 heteroatoms. The van der Waals surface area contributed by atoms with Crippen molar-refractivity contribution in [3.8, 4) is 22.6 Å². The SMILES string of the molecule is CN(C)C1CCC(n2cc(-c3ccc(Oc4ccccc4)cc3)c3c(N)ncnc32)CC1.O=C(O)/C=C\C(=O)O.O=C(O)/C=C\C(=O)O. The minimum absolute atomic E-state index is 0.428. The summed E-state index contributed by atoms with van der Waals surface area (Å²) in [6.45, 7) is 0. The van der Waals surface area contributed by atoms with Gasteiger partial charge in [0.1, 0.15) is 29.3 Å². The lowest BCUT2D eigenvalue weighted by atomic mass is 9.90. The largest absolute Gasteiger partial charge is 0.478 e. The Labute approximate surface area is 276 Å². The van der Waals surface area contributed by atoms with Gasteiger partial charge >= 0.3 is 23.9 Å². The molecule has 5 rings (SSSR count). The minimum atomic E-state index is -1.26. The lowest BCUT2D eigenvalue weighted by molar-refractivity contribution is -0.134. The maximum Gasteiger partial charge on any atom is 0.328 e. The molecule has 1 aliphatic rings. The zero-order chi connectivity index (χ0) is 35.2. The van der Waals surface area contributed by atoms with E-state index in [2.05, 4.69) is 51.9 Å². The summed E-state index contributed by atoms with van der Waals surface area (Å²) in [6, 6.07) is 19.0. The zero-order valence-corrected chi connectivity index (χ0v) is 26.3. The summed E-state index contributed by atoms with van der Waals surface area (Å²) in [5.74, 6) is -2.88. The van der Waals surface area contributed by atoms with E-state index in [1.54, 1.807) is 6.33 Å². The molecule has 0 spiro atoms. The second-order valence-electron chi connectivity index (χ2n) is 10.8. The van der Waals surface area contributed by atoms with E-state index in [0.717, 1.165) is 46.5 Å². The third-order valence-electron chi connectivity index (χ3n) is 7.31. The van der Waals surface area contributed by atoms with E-state index in [1.807, 2.05) is 42.5 Å². The number of para-hydroxylation sites is 1. The van der Waals surface area contributed by atoms with Crippen LogP contribution >= 0.6 is 0 Å². The fourth-order valence-corrected chi connectivity index (χ4v) is 5.07. The molecule has 4 aromatic rings. The number of carboxylic acid groups (broad SMARTS) is 4. The molecule has 1 fully saturated rings. The van der Waals surface area contributed by atoms with Crippen LogP contribution in [0.3, 0.4) is 0 Å². The molecule has 0 amide bonds. The summed E-state index contributed by atoms with van der Waals surface area (Å²) >= 11 is 0. The Hall–Kier alpha value is -6.02. The molecule has 2 heterocycles. The van der Waals surface area contributed by atoms with Crippen LogP contribution in [-0.4, -0.2) is 83.9 Å². The van der Waals surface area contributed by atoms with Crippen molar-refractivity contribution in [2.75, 3.05) is 19.8 Å². The Balaban J connectivity index is 0.000000325. The van der Waals surface area contributed by atoms with Gasteiger partial charge in [0.15, 0.2) is 0 Å². The van der Waals surface area contributed by atoms with Gasteiger partial charge in [0, 0.05) is 48.1 Å². The van der Waals surface area contributed by atoms with Crippen molar-refractivity contribution >= 4 is 40.7 Å². The molecule has 1 aliphatic carbocycles. The predicted molar refractivity (Wildman–Crippen MR) is 178 cm³/mol. The van der Waals surface area contributed by atoms with Crippen molar-refractivity contribution in [1.82, 2.24) is 19.4 Å². The van der Waals surface area contributed by atoms with E-state index < -0.39 is 23.9 Å². The number of benzene rings is 2. The Kier molecular flexibility index (Phi) is 13.4. The molecule has 252 valence electrons. The van der Waals surface area contributed by atoms with Gasteiger partial charge < -0.3 is 40.4 Å². The maximum absolute atomic E-state index is 9.55. The first-order valence-corrected chi connectivity index (χ1v) is 14.7. The second kappa shape index (κ2) is 17.6. The Morgan fingerprint density at radius 2 is 1.27 bits per heavy atom. The highest BCUT2D eigenvalue weighted by molar-refractivity contribution is 6.00. The molecule has 2 aromatic carbocycles. The van der Waals surface area contributed by atoms with Crippen LogP contribution < -0.4 is 10.5 Å². The van der Waals surface area contributed by atoms with Gasteiger partial charge in [0.25, 0.3) is 0 Å². The highest BCUT2D eigenvalue weighted by atomic mass is 16.5. The number of nitrogen functional groups attached to an aromatic ring is 1. The molecule has 6 N–H and O–H groups in total. The van der Waals surface area contributed by atoms with Crippen molar-refractivity contribution < 1.29 is 44.3 Å². The van der Waals surface area contributed by atoms with Crippen LogP contribution in [0.5, 0.6) is 11.5 Å². The number of rotatable bonds is 9. The highest BCUT2D eigenvalue weighted by Crippen LogP contribution is 2.39. The third-order valence-corrected chi connectivity index (χ3v) is 7.31. The molecule has 0 unspecified atom stereocenters. The Morgan fingerprint density at radius 1 is 0.771 bits per heavy atom. The van der Waals surface area contributed by atoms with Crippen molar-refractivity contribution in [3.05, 3.63) is 91.4 Å². The lowest BCUT2D eigenvalue weighted by Gasteiger charge is -2.33. The van der Waals surface area contributed by atoms with Gasteiger partial charge in [-0.25, -0.2) is 29.1 Å². The highest BCUT2D eigenvalue weighted by Gasteiger charge is 2.26. The molecule has 14 nitrogen and oxygen atoms in total. The lowest BCUT2D eigenvalue weighted by Crippen LogP contribution is -2.32. The van der Waals surface area contributed by atoms with Gasteiger partial charge in [0.2, 0.25) is 0 Å². The van der Waals surface area contributed by atoms with Crippen molar-refractivity contribution in [3.63, 3.8) is 0 Å². The topological polar surface area (TPSA) is 218 Å². The number of hydrogen-bond acceptors (Lipinski definition) is 9. The van der Waals surface area contributed by atoms with E-state index in [4.69, 9.17) is 30.9 Å². The number of aromatic nitrogens is 3. The summed E-state index contributed by atoms with van der Waals surface area (Å²) in [5.41, 5.74) is 9.41. The molecule has 0 bridgehead atoms. The number of hydrogen-bond donors (Lipinski definition) is 5. The molecule has 0 radical (unpaired) electrons. The van der Waals surface area contributed by atoms with Crippen LogP contribution in [0.1, 0.15) is 31.7 Å². The average molecular weight is 660 g/mol. The summed E-state index contributed by atoms with van der Waals surface area (Å²) < 4.78 is 8.27. The van der Waals surface area contributed by atoms with E-state index in [-0.39, 0.29) is 0 Å². The second-order valence-corrected chi connectivity index (χ2v) is 10.8. The van der Waals surface area contributed by atoms with Crippen molar-refractivity contribution in [1.29, 1.82) is 0 Å². The molecule has 48 heavy (non-hydrogen) atoms. The molecule has 0 saturated heterocycles. The maximum atomic E-state index is 9.55. The number of carboxylic acids is 4. The van der Waals surface area contributed by atoms with E-state index in [0.29, 0.717) is 42.2 Å². The third kappa shape index (κ3) is 11.1. The summed E-state index contributed by atoms with van der Waals surface area (Å²) in [4.78, 5) is 49.5. The quantitative estimate of drug-likeness (QED) is 0.151. The van der Waals surface area contributed by atoms with E-state index >= 15 is 0 Å². The van der Waals surface area contributed by atoms with Gasteiger partial charge in [-0.2, -0.15) is 0 Å². The average Bonchev–Trinajstić information content (AvgIpc) is 3.45. The summed E-state index contributed by atoms with van der Waals surface area (Å²) in [7, 11) is 4.35. The summed E-state index contributed by atoms with van der Waals surface area (Å²) in [5, 5.41) is 32.2.